The molecule has 0 aliphatic heterocycles. The van der Waals surface area contributed by atoms with Crippen molar-refractivity contribution in [1.82, 2.24) is 0 Å². The number of para-hydroxylation sites is 1. The molecule has 1 aromatic carbocycles. The molecule has 0 bridgehead atoms. The van der Waals surface area contributed by atoms with Crippen LogP contribution in [0.2, 0.25) is 0 Å². The summed E-state index contributed by atoms with van der Waals surface area (Å²) in [6.45, 7) is 1.99. The van der Waals surface area contributed by atoms with Gasteiger partial charge in [0.2, 0.25) is 0 Å². The Bertz CT molecular complexity index is 308. The van der Waals surface area contributed by atoms with Crippen molar-refractivity contribution in [2.24, 2.45) is 5.16 Å². The average Bonchev–Trinajstić information content (AvgIpc) is 2.16. The Kier molecular flexibility index (Phi) is 3.31. The van der Waals surface area contributed by atoms with E-state index in [0.29, 0.717) is 17.7 Å². The predicted octanol–water partition coefficient (Wildman–Crippen LogP) is 2.37. The maximum Gasteiger partial charge on any atom is 0.124 e. The van der Waals surface area contributed by atoms with Crippen LogP contribution in [0.3, 0.4) is 0 Å². The monoisotopic (exact) mass is 179 g/mol. The maximum atomic E-state index is 9.45. The molecule has 0 amide bonds. The van der Waals surface area contributed by atoms with Crippen LogP contribution in [-0.4, -0.2) is 16.0 Å². The van der Waals surface area contributed by atoms with Gasteiger partial charge in [-0.25, -0.2) is 0 Å². The van der Waals surface area contributed by atoms with Gasteiger partial charge in [0.1, 0.15) is 5.75 Å². The molecule has 13 heavy (non-hydrogen) atoms. The topological polar surface area (TPSA) is 52.8 Å². The zero-order valence-electron chi connectivity index (χ0n) is 7.57. The van der Waals surface area contributed by atoms with Crippen molar-refractivity contribution in [3.05, 3.63) is 29.8 Å². The van der Waals surface area contributed by atoms with Gasteiger partial charge in [0.05, 0.1) is 5.71 Å². The molecular formula is C10H13NO2. The van der Waals surface area contributed by atoms with Crippen molar-refractivity contribution in [3.8, 4) is 5.75 Å². The molecule has 0 spiro atoms. The quantitative estimate of drug-likeness (QED) is 0.425. The van der Waals surface area contributed by atoms with E-state index in [1.165, 1.54) is 0 Å². The van der Waals surface area contributed by atoms with Gasteiger partial charge in [-0.15, -0.1) is 0 Å². The Hall–Kier alpha value is -1.51. The summed E-state index contributed by atoms with van der Waals surface area (Å²) in [6, 6.07) is 6.85. The fourth-order valence-electron chi connectivity index (χ4n) is 1.19. The number of phenols is 1. The molecule has 0 atom stereocenters. The Morgan fingerprint density at radius 3 is 2.62 bits per heavy atom. The number of oxime groups is 1. The number of aromatic hydroxyl groups is 1. The lowest BCUT2D eigenvalue weighted by Gasteiger charge is -2.04. The van der Waals surface area contributed by atoms with Crippen molar-refractivity contribution in [2.75, 3.05) is 0 Å². The minimum atomic E-state index is 0.156. The first-order valence-corrected chi connectivity index (χ1v) is 4.29. The van der Waals surface area contributed by atoms with E-state index in [1.54, 1.807) is 24.3 Å². The summed E-state index contributed by atoms with van der Waals surface area (Å²) in [5.41, 5.74) is 1.13. The number of phenolic OH excluding ortho intramolecular Hbond substituents is 1. The molecule has 2 N–H and O–H groups in total. The molecule has 0 heterocycles. The Morgan fingerprint density at radius 1 is 1.38 bits per heavy atom. The SMILES string of the molecule is CCC/C(=N/O)c1ccccc1O. The molecule has 0 saturated heterocycles. The normalized spacial score (nSPS) is 11.6. The van der Waals surface area contributed by atoms with Gasteiger partial charge in [0.15, 0.2) is 0 Å². The van der Waals surface area contributed by atoms with Gasteiger partial charge in [0.25, 0.3) is 0 Å². The molecule has 0 aliphatic rings. The first kappa shape index (κ1) is 9.58. The largest absolute Gasteiger partial charge is 0.507 e. The van der Waals surface area contributed by atoms with Crippen molar-refractivity contribution in [3.63, 3.8) is 0 Å². The summed E-state index contributed by atoms with van der Waals surface area (Å²) < 4.78 is 0. The molecule has 1 aromatic rings. The minimum absolute atomic E-state index is 0.156. The number of rotatable bonds is 3. The van der Waals surface area contributed by atoms with Gasteiger partial charge in [-0.2, -0.15) is 0 Å². The highest BCUT2D eigenvalue weighted by molar-refractivity contribution is 6.02. The van der Waals surface area contributed by atoms with Gasteiger partial charge in [0, 0.05) is 5.56 Å². The standard InChI is InChI=1S/C10H13NO2/c1-2-5-9(11-13)8-6-3-4-7-10(8)12/h3-4,6-7,12-13H,2,5H2,1H3/b11-9-. The van der Waals surface area contributed by atoms with Crippen molar-refractivity contribution in [1.29, 1.82) is 0 Å². The molecule has 0 unspecified atom stereocenters. The summed E-state index contributed by atoms with van der Waals surface area (Å²) in [5.74, 6) is 0.156. The summed E-state index contributed by atoms with van der Waals surface area (Å²) in [6.07, 6.45) is 1.54. The number of hydrogen-bond acceptors (Lipinski definition) is 3. The first-order chi connectivity index (χ1) is 6.29. The van der Waals surface area contributed by atoms with Gasteiger partial charge >= 0.3 is 0 Å². The summed E-state index contributed by atoms with van der Waals surface area (Å²) >= 11 is 0. The van der Waals surface area contributed by atoms with Crippen LogP contribution in [0.1, 0.15) is 25.3 Å². The Morgan fingerprint density at radius 2 is 2.08 bits per heavy atom. The zero-order chi connectivity index (χ0) is 9.68. The number of nitrogens with zero attached hydrogens (tertiary/aromatic N) is 1. The highest BCUT2D eigenvalue weighted by atomic mass is 16.4. The van der Waals surface area contributed by atoms with Crippen LogP contribution >= 0.6 is 0 Å². The Balaban J connectivity index is 2.99. The summed E-state index contributed by atoms with van der Waals surface area (Å²) in [5, 5.41) is 21.3. The highest BCUT2D eigenvalue weighted by Gasteiger charge is 2.07. The smallest absolute Gasteiger partial charge is 0.124 e. The number of hydrogen-bond donors (Lipinski definition) is 2. The van der Waals surface area contributed by atoms with Crippen LogP contribution in [0.25, 0.3) is 0 Å². The third kappa shape index (κ3) is 2.21. The fourth-order valence-corrected chi connectivity index (χ4v) is 1.19. The molecule has 0 aliphatic carbocycles. The summed E-state index contributed by atoms with van der Waals surface area (Å²) in [4.78, 5) is 0. The molecule has 3 heteroatoms. The van der Waals surface area contributed by atoms with Crippen LogP contribution < -0.4 is 0 Å². The van der Waals surface area contributed by atoms with E-state index in [0.717, 1.165) is 6.42 Å². The third-order valence-electron chi connectivity index (χ3n) is 1.82. The van der Waals surface area contributed by atoms with Gasteiger partial charge in [-0.05, 0) is 18.6 Å². The lowest BCUT2D eigenvalue weighted by Crippen LogP contribution is -2.00. The average molecular weight is 179 g/mol. The van der Waals surface area contributed by atoms with Crippen molar-refractivity contribution < 1.29 is 10.3 Å². The van der Waals surface area contributed by atoms with Crippen LogP contribution in [0.5, 0.6) is 5.75 Å². The minimum Gasteiger partial charge on any atom is -0.507 e. The predicted molar refractivity (Wildman–Crippen MR) is 51.3 cm³/mol. The van der Waals surface area contributed by atoms with Crippen LogP contribution in [0.15, 0.2) is 29.4 Å². The van der Waals surface area contributed by atoms with E-state index in [9.17, 15) is 5.11 Å². The second kappa shape index (κ2) is 4.50. The molecule has 0 aromatic heterocycles. The molecule has 0 radical (unpaired) electrons. The molecule has 1 rings (SSSR count). The summed E-state index contributed by atoms with van der Waals surface area (Å²) in [7, 11) is 0. The third-order valence-corrected chi connectivity index (χ3v) is 1.82. The zero-order valence-corrected chi connectivity index (χ0v) is 7.57. The van der Waals surface area contributed by atoms with Gasteiger partial charge in [-0.3, -0.25) is 0 Å². The van der Waals surface area contributed by atoms with Gasteiger partial charge < -0.3 is 10.3 Å². The van der Waals surface area contributed by atoms with E-state index in [-0.39, 0.29) is 5.75 Å². The van der Waals surface area contributed by atoms with Crippen LogP contribution in [-0.2, 0) is 0 Å². The van der Waals surface area contributed by atoms with Crippen LogP contribution in [0, 0.1) is 0 Å². The molecular weight excluding hydrogens is 166 g/mol. The first-order valence-electron chi connectivity index (χ1n) is 4.29. The lowest BCUT2D eigenvalue weighted by molar-refractivity contribution is 0.317. The molecule has 0 saturated carbocycles. The van der Waals surface area contributed by atoms with E-state index >= 15 is 0 Å². The fraction of sp³-hybridized carbons (Fsp3) is 0.300. The van der Waals surface area contributed by atoms with E-state index < -0.39 is 0 Å². The lowest BCUT2D eigenvalue weighted by atomic mass is 10.1. The highest BCUT2D eigenvalue weighted by Crippen LogP contribution is 2.18. The van der Waals surface area contributed by atoms with Crippen molar-refractivity contribution >= 4 is 5.71 Å². The maximum absolute atomic E-state index is 9.45. The molecule has 0 fully saturated rings. The molecule has 3 nitrogen and oxygen atoms in total. The molecule has 70 valence electrons. The second-order valence-corrected chi connectivity index (χ2v) is 2.81. The van der Waals surface area contributed by atoms with Crippen molar-refractivity contribution in [2.45, 2.75) is 19.8 Å². The number of benzene rings is 1. The Labute approximate surface area is 77.3 Å². The van der Waals surface area contributed by atoms with Crippen LogP contribution in [0.4, 0.5) is 0 Å². The van der Waals surface area contributed by atoms with E-state index in [1.807, 2.05) is 6.92 Å². The van der Waals surface area contributed by atoms with E-state index in [2.05, 4.69) is 5.16 Å². The van der Waals surface area contributed by atoms with E-state index in [4.69, 9.17) is 5.21 Å². The second-order valence-electron chi connectivity index (χ2n) is 2.81. The van der Waals surface area contributed by atoms with Gasteiger partial charge in [-0.1, -0.05) is 30.6 Å².